The molecule has 0 aliphatic carbocycles. The van der Waals surface area contributed by atoms with Crippen LogP contribution in [0.15, 0.2) is 30.3 Å². The molecule has 1 fully saturated rings. The van der Waals surface area contributed by atoms with Gasteiger partial charge in [0.05, 0.1) is 11.1 Å². The number of nitrogens with two attached hydrogens (primary N) is 1. The molecule has 106 valence electrons. The van der Waals surface area contributed by atoms with Crippen LogP contribution in [0.1, 0.15) is 25.3 Å². The smallest absolute Gasteiger partial charge is 0.129 e. The maximum atomic E-state index is 10.3. The first-order valence-electron chi connectivity index (χ1n) is 7.15. The van der Waals surface area contributed by atoms with Gasteiger partial charge in [0.25, 0.3) is 0 Å². The summed E-state index contributed by atoms with van der Waals surface area (Å²) in [5, 5.41) is 11.4. The largest absolute Gasteiger partial charge is 0.388 e. The van der Waals surface area contributed by atoms with Gasteiger partial charge in [0.2, 0.25) is 0 Å². The summed E-state index contributed by atoms with van der Waals surface area (Å²) in [6, 6.07) is 10.1. The van der Waals surface area contributed by atoms with Crippen LogP contribution in [0.25, 0.3) is 10.9 Å². The van der Waals surface area contributed by atoms with Crippen LogP contribution in [0.2, 0.25) is 0 Å². The van der Waals surface area contributed by atoms with Gasteiger partial charge < -0.3 is 15.7 Å². The SMILES string of the molecule is CC1(O)CCCN(c2cc(CN)c3ccccc3n2)C1. The zero-order valence-electron chi connectivity index (χ0n) is 11.8. The molecular weight excluding hydrogens is 250 g/mol. The Balaban J connectivity index is 2.03. The van der Waals surface area contributed by atoms with E-state index in [0.717, 1.165) is 41.7 Å². The molecule has 1 aromatic heterocycles. The van der Waals surface area contributed by atoms with Crippen molar-refractivity contribution in [2.45, 2.75) is 31.9 Å². The van der Waals surface area contributed by atoms with E-state index in [9.17, 15) is 5.11 Å². The van der Waals surface area contributed by atoms with Gasteiger partial charge in [-0.1, -0.05) is 18.2 Å². The molecule has 1 saturated heterocycles. The number of anilines is 1. The molecule has 2 heterocycles. The van der Waals surface area contributed by atoms with Gasteiger partial charge in [-0.05, 0) is 37.5 Å². The highest BCUT2D eigenvalue weighted by Crippen LogP contribution is 2.27. The minimum Gasteiger partial charge on any atom is -0.388 e. The number of pyridine rings is 1. The minimum absolute atomic E-state index is 0.500. The Labute approximate surface area is 119 Å². The lowest BCUT2D eigenvalue weighted by Crippen LogP contribution is -2.46. The Bertz CT molecular complexity index is 624. The summed E-state index contributed by atoms with van der Waals surface area (Å²) in [7, 11) is 0. The van der Waals surface area contributed by atoms with E-state index < -0.39 is 5.60 Å². The van der Waals surface area contributed by atoms with Crippen LogP contribution in [-0.2, 0) is 6.54 Å². The van der Waals surface area contributed by atoms with E-state index in [4.69, 9.17) is 10.7 Å². The van der Waals surface area contributed by atoms with Crippen molar-refractivity contribution in [3.8, 4) is 0 Å². The first kappa shape index (κ1) is 13.3. The van der Waals surface area contributed by atoms with Gasteiger partial charge in [-0.25, -0.2) is 4.98 Å². The molecule has 4 heteroatoms. The Morgan fingerprint density at radius 3 is 2.95 bits per heavy atom. The molecule has 3 rings (SSSR count). The molecule has 3 N–H and O–H groups in total. The number of para-hydroxylation sites is 1. The van der Waals surface area contributed by atoms with Crippen molar-refractivity contribution in [2.24, 2.45) is 5.73 Å². The van der Waals surface area contributed by atoms with Crippen molar-refractivity contribution >= 4 is 16.7 Å². The Morgan fingerprint density at radius 2 is 2.20 bits per heavy atom. The fraction of sp³-hybridized carbons (Fsp3) is 0.438. The molecule has 20 heavy (non-hydrogen) atoms. The fourth-order valence-electron chi connectivity index (χ4n) is 2.98. The quantitative estimate of drug-likeness (QED) is 0.877. The second-order valence-corrected chi connectivity index (χ2v) is 5.88. The lowest BCUT2D eigenvalue weighted by atomic mass is 9.95. The maximum Gasteiger partial charge on any atom is 0.129 e. The third-order valence-corrected chi connectivity index (χ3v) is 4.01. The number of nitrogens with zero attached hydrogens (tertiary/aromatic N) is 2. The van der Waals surface area contributed by atoms with E-state index in [1.807, 2.05) is 25.1 Å². The lowest BCUT2D eigenvalue weighted by Gasteiger charge is -2.37. The van der Waals surface area contributed by atoms with E-state index in [2.05, 4.69) is 17.0 Å². The van der Waals surface area contributed by atoms with Gasteiger partial charge in [-0.2, -0.15) is 0 Å². The highest BCUT2D eigenvalue weighted by molar-refractivity contribution is 5.84. The van der Waals surface area contributed by atoms with Crippen molar-refractivity contribution < 1.29 is 5.11 Å². The molecule has 0 bridgehead atoms. The summed E-state index contributed by atoms with van der Waals surface area (Å²) in [6.07, 6.45) is 1.83. The first-order chi connectivity index (χ1) is 9.59. The number of fused-ring (bicyclic) bond motifs is 1. The van der Waals surface area contributed by atoms with Crippen LogP contribution >= 0.6 is 0 Å². The molecule has 1 aromatic carbocycles. The normalized spacial score (nSPS) is 23.2. The van der Waals surface area contributed by atoms with E-state index in [1.54, 1.807) is 0 Å². The number of benzene rings is 1. The lowest BCUT2D eigenvalue weighted by molar-refractivity contribution is 0.0447. The van der Waals surface area contributed by atoms with Crippen molar-refractivity contribution in [1.29, 1.82) is 0 Å². The molecule has 0 saturated carbocycles. The van der Waals surface area contributed by atoms with E-state index in [-0.39, 0.29) is 0 Å². The molecular formula is C16H21N3O. The maximum absolute atomic E-state index is 10.3. The van der Waals surface area contributed by atoms with Crippen molar-refractivity contribution in [3.05, 3.63) is 35.9 Å². The number of piperidine rings is 1. The van der Waals surface area contributed by atoms with Crippen LogP contribution in [-0.4, -0.2) is 28.8 Å². The molecule has 1 unspecified atom stereocenters. The molecule has 4 nitrogen and oxygen atoms in total. The number of hydrogen-bond acceptors (Lipinski definition) is 4. The molecule has 1 aliphatic heterocycles. The van der Waals surface area contributed by atoms with Gasteiger partial charge in [0, 0.05) is 25.0 Å². The number of β-amino-alcohol motifs (C(OH)–C–C–N with tert-alkyl or cyclic N) is 1. The van der Waals surface area contributed by atoms with Crippen molar-refractivity contribution in [2.75, 3.05) is 18.0 Å². The molecule has 0 radical (unpaired) electrons. The van der Waals surface area contributed by atoms with Gasteiger partial charge >= 0.3 is 0 Å². The van der Waals surface area contributed by atoms with E-state index in [0.29, 0.717) is 13.1 Å². The summed E-state index contributed by atoms with van der Waals surface area (Å²) >= 11 is 0. The average Bonchev–Trinajstić information content (AvgIpc) is 2.45. The van der Waals surface area contributed by atoms with Crippen molar-refractivity contribution in [3.63, 3.8) is 0 Å². The molecule has 0 amide bonds. The summed E-state index contributed by atoms with van der Waals surface area (Å²) in [5.74, 6) is 0.920. The number of aliphatic hydroxyl groups is 1. The Morgan fingerprint density at radius 1 is 1.40 bits per heavy atom. The topological polar surface area (TPSA) is 62.4 Å². The fourth-order valence-corrected chi connectivity index (χ4v) is 2.98. The van der Waals surface area contributed by atoms with Gasteiger partial charge in [0.1, 0.15) is 5.82 Å². The summed E-state index contributed by atoms with van der Waals surface area (Å²) in [4.78, 5) is 6.89. The number of aromatic nitrogens is 1. The highest BCUT2D eigenvalue weighted by Gasteiger charge is 2.29. The minimum atomic E-state index is -0.631. The molecule has 1 aliphatic rings. The summed E-state index contributed by atoms with van der Waals surface area (Å²) in [5.41, 5.74) is 7.32. The number of hydrogen-bond donors (Lipinski definition) is 2. The summed E-state index contributed by atoms with van der Waals surface area (Å²) in [6.45, 7) is 3.96. The summed E-state index contributed by atoms with van der Waals surface area (Å²) < 4.78 is 0. The average molecular weight is 271 g/mol. The van der Waals surface area contributed by atoms with Crippen LogP contribution in [0.5, 0.6) is 0 Å². The van der Waals surface area contributed by atoms with Crippen LogP contribution < -0.4 is 10.6 Å². The molecule has 0 spiro atoms. The monoisotopic (exact) mass is 271 g/mol. The Hall–Kier alpha value is -1.65. The first-order valence-corrected chi connectivity index (χ1v) is 7.15. The molecule has 2 aromatic rings. The predicted octanol–water partition coefficient (Wildman–Crippen LogP) is 2.04. The molecule has 1 atom stereocenters. The number of rotatable bonds is 2. The third-order valence-electron chi connectivity index (χ3n) is 4.01. The van der Waals surface area contributed by atoms with Crippen LogP contribution in [0.3, 0.4) is 0 Å². The van der Waals surface area contributed by atoms with Gasteiger partial charge in [-0.15, -0.1) is 0 Å². The van der Waals surface area contributed by atoms with Crippen LogP contribution in [0.4, 0.5) is 5.82 Å². The standard InChI is InChI=1S/C16H21N3O/c1-16(20)7-4-8-19(11-16)15-9-12(10-17)13-5-2-3-6-14(13)18-15/h2-3,5-6,9,20H,4,7-8,10-11,17H2,1H3. The highest BCUT2D eigenvalue weighted by atomic mass is 16.3. The third kappa shape index (κ3) is 2.49. The zero-order chi connectivity index (χ0) is 14.2. The zero-order valence-corrected chi connectivity index (χ0v) is 11.8. The Kier molecular flexibility index (Phi) is 3.36. The predicted molar refractivity (Wildman–Crippen MR) is 81.7 cm³/mol. The van der Waals surface area contributed by atoms with E-state index in [1.165, 1.54) is 0 Å². The van der Waals surface area contributed by atoms with Gasteiger partial charge in [0.15, 0.2) is 0 Å². The van der Waals surface area contributed by atoms with E-state index >= 15 is 0 Å². The van der Waals surface area contributed by atoms with Crippen LogP contribution in [0, 0.1) is 0 Å². The van der Waals surface area contributed by atoms with Gasteiger partial charge in [-0.3, -0.25) is 0 Å². The second-order valence-electron chi connectivity index (χ2n) is 5.88. The van der Waals surface area contributed by atoms with Crippen molar-refractivity contribution in [1.82, 2.24) is 4.98 Å². The second kappa shape index (κ2) is 5.04.